The molecule has 0 amide bonds. The van der Waals surface area contributed by atoms with Crippen molar-refractivity contribution >= 4 is 11.0 Å². The first-order valence-corrected chi connectivity index (χ1v) is 16.1. The van der Waals surface area contributed by atoms with Gasteiger partial charge in [0.15, 0.2) is 23.3 Å². The molecule has 3 aromatic heterocycles. The van der Waals surface area contributed by atoms with Gasteiger partial charge in [0.1, 0.15) is 5.69 Å². The van der Waals surface area contributed by atoms with Gasteiger partial charge in [0.2, 0.25) is 0 Å². The Kier molecular flexibility index (Phi) is 6.37. The van der Waals surface area contributed by atoms with Crippen molar-refractivity contribution in [3.8, 4) is 67.9 Å². The Morgan fingerprint density at radius 2 is 1.02 bits per heavy atom. The smallest absolute Gasteiger partial charge is 0.164 e. The Morgan fingerprint density at radius 3 is 1.67 bits per heavy atom. The summed E-state index contributed by atoms with van der Waals surface area (Å²) < 4.78 is 0. The van der Waals surface area contributed by atoms with E-state index in [1.54, 1.807) is 0 Å². The normalized spacial score (nSPS) is 13.0. The molecular weight excluding hydrogens is 589 g/mol. The van der Waals surface area contributed by atoms with Gasteiger partial charge < -0.3 is 4.98 Å². The van der Waals surface area contributed by atoms with Gasteiger partial charge in [0, 0.05) is 33.9 Å². The number of aromatic nitrogens is 6. The average molecular weight is 619 g/mol. The molecule has 9 rings (SSSR count). The minimum absolute atomic E-state index is 0.198. The van der Waals surface area contributed by atoms with Crippen LogP contribution in [0.1, 0.15) is 25.0 Å². The highest BCUT2D eigenvalue weighted by Gasteiger charge is 2.36. The minimum Gasteiger partial charge on any atom is -0.337 e. The van der Waals surface area contributed by atoms with Gasteiger partial charge in [-0.1, -0.05) is 123 Å². The summed E-state index contributed by atoms with van der Waals surface area (Å²) >= 11 is 0. The van der Waals surface area contributed by atoms with Gasteiger partial charge >= 0.3 is 0 Å². The monoisotopic (exact) mass is 618 g/mol. The highest BCUT2D eigenvalue weighted by Crippen LogP contribution is 2.50. The SMILES string of the molecule is CC1(C)c2cc(-c3ccc(-c4nc(-c5ccccc5)nc(-c5ccccc5)n4)cc3)ccc2-c2cnc(-c3nc4ccccc4[nH]3)cc21. The van der Waals surface area contributed by atoms with Crippen LogP contribution in [0.5, 0.6) is 0 Å². The van der Waals surface area contributed by atoms with Crippen LogP contribution in [0.25, 0.3) is 79.0 Å². The number of nitrogens with one attached hydrogen (secondary N) is 1. The fraction of sp³-hybridized carbons (Fsp3) is 0.0714. The highest BCUT2D eigenvalue weighted by atomic mass is 15.0. The van der Waals surface area contributed by atoms with Gasteiger partial charge in [-0.2, -0.15) is 0 Å². The quantitative estimate of drug-likeness (QED) is 0.208. The van der Waals surface area contributed by atoms with Gasteiger partial charge in [0.05, 0.1) is 11.0 Å². The lowest BCUT2D eigenvalue weighted by Gasteiger charge is -2.22. The van der Waals surface area contributed by atoms with E-state index in [1.165, 1.54) is 22.3 Å². The van der Waals surface area contributed by atoms with Gasteiger partial charge in [-0.05, 0) is 52.1 Å². The molecule has 8 aromatic rings. The summed E-state index contributed by atoms with van der Waals surface area (Å²) in [6, 6.07) is 45.7. The summed E-state index contributed by atoms with van der Waals surface area (Å²) in [4.78, 5) is 27.7. The van der Waals surface area contributed by atoms with E-state index in [9.17, 15) is 0 Å². The molecule has 0 atom stereocenters. The minimum atomic E-state index is -0.198. The largest absolute Gasteiger partial charge is 0.337 e. The molecule has 1 aliphatic carbocycles. The molecule has 228 valence electrons. The van der Waals surface area contributed by atoms with Crippen molar-refractivity contribution in [1.82, 2.24) is 29.9 Å². The molecular formula is C42H30N6. The maximum absolute atomic E-state index is 4.90. The number of H-pyrrole nitrogens is 1. The summed E-state index contributed by atoms with van der Waals surface area (Å²) in [7, 11) is 0. The molecule has 0 aliphatic heterocycles. The van der Waals surface area contributed by atoms with Crippen molar-refractivity contribution in [2.24, 2.45) is 0 Å². The van der Waals surface area contributed by atoms with Gasteiger partial charge in [-0.3, -0.25) is 4.98 Å². The number of benzene rings is 5. The number of hydrogen-bond donors (Lipinski definition) is 1. The van der Waals surface area contributed by atoms with E-state index < -0.39 is 0 Å². The molecule has 3 heterocycles. The lowest BCUT2D eigenvalue weighted by molar-refractivity contribution is 0.660. The second-order valence-corrected chi connectivity index (χ2v) is 12.7. The molecule has 6 nitrogen and oxygen atoms in total. The summed E-state index contributed by atoms with van der Waals surface area (Å²) in [5.41, 5.74) is 12.7. The third-order valence-corrected chi connectivity index (χ3v) is 9.37. The van der Waals surface area contributed by atoms with Gasteiger partial charge in [0.25, 0.3) is 0 Å². The molecule has 0 bridgehead atoms. The van der Waals surface area contributed by atoms with Crippen molar-refractivity contribution in [1.29, 1.82) is 0 Å². The highest BCUT2D eigenvalue weighted by molar-refractivity contribution is 5.85. The number of fused-ring (bicyclic) bond motifs is 4. The number of imidazole rings is 1. The Labute approximate surface area is 278 Å². The Hall–Kier alpha value is -6.27. The summed E-state index contributed by atoms with van der Waals surface area (Å²) in [6.45, 7) is 4.59. The number of para-hydroxylation sites is 2. The van der Waals surface area contributed by atoms with Crippen LogP contribution in [0.2, 0.25) is 0 Å². The Balaban J connectivity index is 1.05. The molecule has 0 radical (unpaired) electrons. The average Bonchev–Trinajstić information content (AvgIpc) is 3.68. The molecule has 5 aromatic carbocycles. The van der Waals surface area contributed by atoms with Crippen LogP contribution in [-0.2, 0) is 5.41 Å². The van der Waals surface area contributed by atoms with Crippen molar-refractivity contribution in [3.05, 3.63) is 151 Å². The van der Waals surface area contributed by atoms with Crippen LogP contribution >= 0.6 is 0 Å². The standard InChI is InChI=1S/C42H30N6/c1-42(2)33-23-30(21-22-31(33)32-25-43-37(24-34(32)42)41-44-35-15-9-10-16-36(35)45-41)26-17-19-29(20-18-26)40-47-38(27-11-5-3-6-12-27)46-39(48-40)28-13-7-4-8-14-28/h3-25H,1-2H3,(H,44,45). The number of nitrogens with zero attached hydrogens (tertiary/aromatic N) is 5. The van der Waals surface area contributed by atoms with Crippen LogP contribution in [0.4, 0.5) is 0 Å². The fourth-order valence-electron chi connectivity index (χ4n) is 6.76. The van der Waals surface area contributed by atoms with Crippen LogP contribution in [0.15, 0.2) is 140 Å². The number of pyridine rings is 1. The lowest BCUT2D eigenvalue weighted by atomic mass is 9.81. The van der Waals surface area contributed by atoms with Crippen LogP contribution in [-0.4, -0.2) is 29.9 Å². The summed E-state index contributed by atoms with van der Waals surface area (Å²) in [5.74, 6) is 2.74. The Morgan fingerprint density at radius 1 is 0.479 bits per heavy atom. The van der Waals surface area contributed by atoms with E-state index in [1.807, 2.05) is 91.1 Å². The molecule has 48 heavy (non-hydrogen) atoms. The summed E-state index contributed by atoms with van der Waals surface area (Å²) in [6.07, 6.45) is 2.00. The van der Waals surface area contributed by atoms with Crippen molar-refractivity contribution in [2.45, 2.75) is 19.3 Å². The maximum atomic E-state index is 4.90. The molecule has 0 saturated carbocycles. The first-order chi connectivity index (χ1) is 23.5. The van der Waals surface area contributed by atoms with Crippen LogP contribution in [0.3, 0.4) is 0 Å². The molecule has 1 aliphatic rings. The van der Waals surface area contributed by atoms with Crippen molar-refractivity contribution < 1.29 is 0 Å². The predicted molar refractivity (Wildman–Crippen MR) is 192 cm³/mol. The van der Waals surface area contributed by atoms with Crippen LogP contribution in [0, 0.1) is 0 Å². The second kappa shape index (κ2) is 10.9. The van der Waals surface area contributed by atoms with Gasteiger partial charge in [-0.25, -0.2) is 19.9 Å². The number of rotatable bonds is 5. The van der Waals surface area contributed by atoms with Crippen LogP contribution < -0.4 is 0 Å². The van der Waals surface area contributed by atoms with E-state index in [0.29, 0.717) is 17.5 Å². The van der Waals surface area contributed by atoms with E-state index in [4.69, 9.17) is 24.9 Å². The zero-order valence-corrected chi connectivity index (χ0v) is 26.5. The van der Waals surface area contributed by atoms with E-state index in [2.05, 4.69) is 67.4 Å². The molecule has 6 heteroatoms. The third-order valence-electron chi connectivity index (χ3n) is 9.37. The van der Waals surface area contributed by atoms with Gasteiger partial charge in [-0.15, -0.1) is 0 Å². The fourth-order valence-corrected chi connectivity index (χ4v) is 6.76. The zero-order chi connectivity index (χ0) is 32.2. The molecule has 0 fully saturated rings. The third kappa shape index (κ3) is 4.69. The zero-order valence-electron chi connectivity index (χ0n) is 26.5. The topological polar surface area (TPSA) is 80.2 Å². The van der Waals surface area contributed by atoms with E-state index in [0.717, 1.165) is 50.4 Å². The number of hydrogen-bond acceptors (Lipinski definition) is 5. The maximum Gasteiger partial charge on any atom is 0.164 e. The summed E-state index contributed by atoms with van der Waals surface area (Å²) in [5, 5.41) is 0. The number of aromatic amines is 1. The Bertz CT molecular complexity index is 2370. The van der Waals surface area contributed by atoms with E-state index >= 15 is 0 Å². The van der Waals surface area contributed by atoms with E-state index in [-0.39, 0.29) is 5.41 Å². The molecule has 0 saturated heterocycles. The molecule has 1 N–H and O–H groups in total. The first-order valence-electron chi connectivity index (χ1n) is 16.1. The van der Waals surface area contributed by atoms with Crippen molar-refractivity contribution in [3.63, 3.8) is 0 Å². The second-order valence-electron chi connectivity index (χ2n) is 12.7. The molecule has 0 unspecified atom stereocenters. The lowest BCUT2D eigenvalue weighted by Crippen LogP contribution is -2.15. The predicted octanol–water partition coefficient (Wildman–Crippen LogP) is 9.78. The van der Waals surface area contributed by atoms with Crippen molar-refractivity contribution in [2.75, 3.05) is 0 Å². The first kappa shape index (κ1) is 28.0. The molecule has 0 spiro atoms.